The summed E-state index contributed by atoms with van der Waals surface area (Å²) >= 11 is 1.15. The van der Waals surface area contributed by atoms with Gasteiger partial charge in [-0.05, 0) is 30.3 Å². The average molecular weight is 436 g/mol. The van der Waals surface area contributed by atoms with Gasteiger partial charge >= 0.3 is 5.97 Å². The van der Waals surface area contributed by atoms with Crippen molar-refractivity contribution in [3.8, 4) is 0 Å². The Kier molecular flexibility index (Phi) is 5.54. The van der Waals surface area contributed by atoms with E-state index in [1.165, 1.54) is 18.1 Å². The third kappa shape index (κ3) is 4.05. The molecule has 3 aromatic rings. The monoisotopic (exact) mass is 436 g/mol. The van der Waals surface area contributed by atoms with Crippen molar-refractivity contribution in [1.82, 2.24) is 15.1 Å². The zero-order valence-corrected chi connectivity index (χ0v) is 17.1. The summed E-state index contributed by atoms with van der Waals surface area (Å²) in [5.74, 6) is -1.65. The first-order chi connectivity index (χ1) is 15.0. The molecule has 0 spiro atoms. The predicted octanol–water partition coefficient (Wildman–Crippen LogP) is 2.42. The topological polar surface area (TPSA) is 119 Å². The van der Waals surface area contributed by atoms with E-state index in [0.717, 1.165) is 11.3 Å². The molecule has 0 saturated carbocycles. The molecule has 4 rings (SSSR count). The Morgan fingerprint density at radius 3 is 2.35 bits per heavy atom. The average Bonchev–Trinajstić information content (AvgIpc) is 3.34. The molecule has 0 aliphatic carbocycles. The second-order valence-corrected chi connectivity index (χ2v) is 7.65. The first kappa shape index (κ1) is 20.4. The van der Waals surface area contributed by atoms with Crippen LogP contribution in [0.1, 0.15) is 46.4 Å². The minimum absolute atomic E-state index is 0.163. The van der Waals surface area contributed by atoms with Gasteiger partial charge in [0.1, 0.15) is 5.01 Å². The molecule has 0 unspecified atom stereocenters. The third-order valence-corrected chi connectivity index (χ3v) is 5.56. The van der Waals surface area contributed by atoms with Crippen LogP contribution in [0.3, 0.4) is 0 Å². The number of amides is 3. The number of fused-ring (bicyclic) bond motifs is 1. The normalized spacial score (nSPS) is 12.6. The van der Waals surface area contributed by atoms with Gasteiger partial charge in [0.15, 0.2) is 0 Å². The van der Waals surface area contributed by atoms with Crippen LogP contribution in [0, 0.1) is 0 Å². The number of hydrogen-bond acceptors (Lipinski definition) is 8. The molecule has 1 N–H and O–H groups in total. The van der Waals surface area contributed by atoms with E-state index in [4.69, 9.17) is 0 Å². The highest BCUT2D eigenvalue weighted by Crippen LogP contribution is 2.23. The van der Waals surface area contributed by atoms with Crippen LogP contribution in [0.25, 0.3) is 0 Å². The molecule has 1 aliphatic rings. The summed E-state index contributed by atoms with van der Waals surface area (Å²) in [6.45, 7) is 0.163. The van der Waals surface area contributed by atoms with Gasteiger partial charge in [-0.25, -0.2) is 4.79 Å². The molecule has 1 aliphatic heterocycles. The number of aromatic nitrogens is 2. The molecule has 0 atom stereocenters. The van der Waals surface area contributed by atoms with Crippen molar-refractivity contribution in [2.45, 2.75) is 6.42 Å². The van der Waals surface area contributed by atoms with E-state index in [1.54, 1.807) is 42.5 Å². The number of ether oxygens (including phenoxy) is 1. The number of esters is 1. The quantitative estimate of drug-likeness (QED) is 0.466. The summed E-state index contributed by atoms with van der Waals surface area (Å²) in [7, 11) is 1.26. The van der Waals surface area contributed by atoms with Crippen LogP contribution in [0.2, 0.25) is 0 Å². The zero-order chi connectivity index (χ0) is 22.0. The van der Waals surface area contributed by atoms with Gasteiger partial charge in [-0.1, -0.05) is 29.5 Å². The molecular weight excluding hydrogens is 420 g/mol. The van der Waals surface area contributed by atoms with Gasteiger partial charge in [-0.15, -0.1) is 10.2 Å². The van der Waals surface area contributed by atoms with E-state index in [1.807, 2.05) is 0 Å². The lowest BCUT2D eigenvalue weighted by molar-refractivity contribution is 0.0598. The highest BCUT2D eigenvalue weighted by molar-refractivity contribution is 7.15. The molecule has 0 radical (unpaired) electrons. The number of methoxy groups -OCH3 is 1. The second-order valence-electron chi connectivity index (χ2n) is 6.58. The Hall–Kier alpha value is -3.92. The number of benzene rings is 2. The van der Waals surface area contributed by atoms with Crippen molar-refractivity contribution in [1.29, 1.82) is 0 Å². The lowest BCUT2D eigenvalue weighted by atomic mass is 10.1. The lowest BCUT2D eigenvalue weighted by Crippen LogP contribution is -2.31. The first-order valence-corrected chi connectivity index (χ1v) is 10.1. The fourth-order valence-corrected chi connectivity index (χ4v) is 3.85. The minimum Gasteiger partial charge on any atom is -0.465 e. The number of nitrogens with one attached hydrogen (secondary N) is 1. The van der Waals surface area contributed by atoms with Crippen LogP contribution in [0.15, 0.2) is 48.5 Å². The molecule has 31 heavy (non-hydrogen) atoms. The highest BCUT2D eigenvalue weighted by Gasteiger charge is 2.34. The Balaban J connectivity index is 1.38. The van der Waals surface area contributed by atoms with Gasteiger partial charge in [0.25, 0.3) is 17.7 Å². The van der Waals surface area contributed by atoms with Gasteiger partial charge in [0.2, 0.25) is 5.13 Å². The number of hydrogen-bond donors (Lipinski definition) is 1. The highest BCUT2D eigenvalue weighted by atomic mass is 32.1. The number of nitrogens with zero attached hydrogens (tertiary/aromatic N) is 3. The molecule has 0 fully saturated rings. The molecule has 156 valence electrons. The molecule has 0 bridgehead atoms. The van der Waals surface area contributed by atoms with E-state index < -0.39 is 11.9 Å². The van der Waals surface area contributed by atoms with Crippen molar-refractivity contribution in [2.24, 2.45) is 0 Å². The van der Waals surface area contributed by atoms with Crippen molar-refractivity contribution < 1.29 is 23.9 Å². The van der Waals surface area contributed by atoms with Gasteiger partial charge < -0.3 is 4.74 Å². The van der Waals surface area contributed by atoms with E-state index in [-0.39, 0.29) is 34.6 Å². The van der Waals surface area contributed by atoms with E-state index in [9.17, 15) is 19.2 Å². The Morgan fingerprint density at radius 2 is 1.68 bits per heavy atom. The van der Waals surface area contributed by atoms with Gasteiger partial charge in [0.05, 0.1) is 23.8 Å². The van der Waals surface area contributed by atoms with Crippen molar-refractivity contribution >= 4 is 40.2 Å². The van der Waals surface area contributed by atoms with Gasteiger partial charge in [0, 0.05) is 18.5 Å². The second kappa shape index (κ2) is 8.44. The molecule has 2 heterocycles. The van der Waals surface area contributed by atoms with Crippen LogP contribution in [-0.4, -0.2) is 52.4 Å². The number of imide groups is 1. The summed E-state index contributed by atoms with van der Waals surface area (Å²) in [6, 6.07) is 12.8. The maximum Gasteiger partial charge on any atom is 0.337 e. The number of carbonyl (C=O) groups excluding carboxylic acids is 4. The third-order valence-electron chi connectivity index (χ3n) is 4.66. The smallest absolute Gasteiger partial charge is 0.337 e. The van der Waals surface area contributed by atoms with E-state index >= 15 is 0 Å². The Morgan fingerprint density at radius 1 is 1.00 bits per heavy atom. The SMILES string of the molecule is COC(=O)c1cccc(C(=O)Nc2nnc(CCN3C(=O)c4ccccc4C3=O)s2)c1. The lowest BCUT2D eigenvalue weighted by Gasteiger charge is -2.12. The standard InChI is InChI=1S/C21H16N4O5S/c1-30-20(29)13-6-4-5-12(11-13)17(26)22-21-24-23-16(31-21)9-10-25-18(27)14-7-2-3-8-15(14)19(25)28/h2-8,11H,9-10H2,1H3,(H,22,24,26). The van der Waals surface area contributed by atoms with Crippen molar-refractivity contribution in [3.63, 3.8) is 0 Å². The summed E-state index contributed by atoms with van der Waals surface area (Å²) < 4.78 is 4.65. The molecular formula is C21H16N4O5S. The van der Waals surface area contributed by atoms with Gasteiger partial charge in [-0.2, -0.15) is 0 Å². The number of anilines is 1. The Bertz CT molecular complexity index is 1170. The number of rotatable bonds is 6. The minimum atomic E-state index is -0.541. The molecule has 1 aromatic heterocycles. The van der Waals surface area contributed by atoms with E-state index in [2.05, 4.69) is 20.3 Å². The van der Waals surface area contributed by atoms with Crippen LogP contribution in [0.4, 0.5) is 5.13 Å². The van der Waals surface area contributed by atoms with Crippen LogP contribution in [-0.2, 0) is 11.2 Å². The maximum atomic E-state index is 12.4. The molecule has 2 aromatic carbocycles. The fourth-order valence-electron chi connectivity index (χ4n) is 3.13. The zero-order valence-electron chi connectivity index (χ0n) is 16.3. The van der Waals surface area contributed by atoms with E-state index in [0.29, 0.717) is 22.6 Å². The largest absolute Gasteiger partial charge is 0.465 e. The summed E-state index contributed by atoms with van der Waals surface area (Å²) in [4.78, 5) is 50.1. The number of carbonyl (C=O) groups is 4. The first-order valence-electron chi connectivity index (χ1n) is 9.25. The van der Waals surface area contributed by atoms with Crippen molar-refractivity contribution in [2.75, 3.05) is 19.0 Å². The summed E-state index contributed by atoms with van der Waals surface area (Å²) in [6.07, 6.45) is 0.316. The summed E-state index contributed by atoms with van der Waals surface area (Å²) in [5.41, 5.74) is 1.32. The maximum absolute atomic E-state index is 12.4. The Labute approximate surface area is 180 Å². The molecule has 0 saturated heterocycles. The predicted molar refractivity (Wildman–Crippen MR) is 111 cm³/mol. The molecule has 9 nitrogen and oxygen atoms in total. The van der Waals surface area contributed by atoms with Crippen LogP contribution < -0.4 is 5.32 Å². The fraction of sp³-hybridized carbons (Fsp3) is 0.143. The van der Waals surface area contributed by atoms with Crippen LogP contribution in [0.5, 0.6) is 0 Å². The molecule has 10 heteroatoms. The van der Waals surface area contributed by atoms with Crippen LogP contribution >= 0.6 is 11.3 Å². The summed E-state index contributed by atoms with van der Waals surface area (Å²) in [5, 5.41) is 11.4. The molecule has 3 amide bonds. The van der Waals surface area contributed by atoms with Gasteiger partial charge in [-0.3, -0.25) is 24.6 Å². The van der Waals surface area contributed by atoms with Crippen molar-refractivity contribution in [3.05, 3.63) is 75.8 Å².